The number of hydrogen-bond donors (Lipinski definition) is 0. The maximum atomic E-state index is 13.0. The van der Waals surface area contributed by atoms with E-state index in [4.69, 9.17) is 0 Å². The highest BCUT2D eigenvalue weighted by molar-refractivity contribution is 7.99. The number of alkyl halides is 1. The van der Waals surface area contributed by atoms with Crippen LogP contribution in [0, 0.1) is 5.92 Å². The van der Waals surface area contributed by atoms with Crippen LogP contribution in [0.4, 0.5) is 4.39 Å². The third kappa shape index (κ3) is 2.66. The summed E-state index contributed by atoms with van der Waals surface area (Å²) in [5.74, 6) is 1.26. The smallest absolute Gasteiger partial charge is 0.305 e. The predicted molar refractivity (Wildman–Crippen MR) is 47.0 cm³/mol. The van der Waals surface area contributed by atoms with Gasteiger partial charge in [0.2, 0.25) is 0 Å². The molecule has 1 saturated heterocycles. The number of thioether (sulfide) groups is 1. The van der Waals surface area contributed by atoms with Gasteiger partial charge in [0.1, 0.15) is 6.17 Å². The molecule has 0 bridgehead atoms. The Morgan fingerprint density at radius 3 is 2.92 bits per heavy atom. The first-order chi connectivity index (χ1) is 5.74. The molecule has 0 amide bonds. The average Bonchev–Trinajstić information content (AvgIpc) is 2.47. The Morgan fingerprint density at radius 1 is 1.67 bits per heavy atom. The van der Waals surface area contributed by atoms with E-state index in [1.807, 2.05) is 0 Å². The number of methoxy groups -OCH3 is 1. The molecule has 0 unspecified atom stereocenters. The van der Waals surface area contributed by atoms with Gasteiger partial charge in [-0.3, -0.25) is 4.79 Å². The average molecular weight is 192 g/mol. The monoisotopic (exact) mass is 192 g/mol. The third-order valence-electron chi connectivity index (χ3n) is 2.07. The van der Waals surface area contributed by atoms with Crippen molar-refractivity contribution < 1.29 is 13.9 Å². The van der Waals surface area contributed by atoms with E-state index < -0.39 is 6.17 Å². The van der Waals surface area contributed by atoms with E-state index in [2.05, 4.69) is 4.74 Å². The molecule has 70 valence electrons. The Hall–Kier alpha value is -0.250. The molecule has 0 aromatic heterocycles. The molecule has 2 atom stereocenters. The Morgan fingerprint density at radius 2 is 2.42 bits per heavy atom. The molecule has 0 aliphatic carbocycles. The molecule has 4 heteroatoms. The van der Waals surface area contributed by atoms with Crippen LogP contribution >= 0.6 is 11.8 Å². The largest absolute Gasteiger partial charge is 0.469 e. The summed E-state index contributed by atoms with van der Waals surface area (Å²) < 4.78 is 17.4. The van der Waals surface area contributed by atoms with Crippen molar-refractivity contribution in [1.82, 2.24) is 0 Å². The summed E-state index contributed by atoms with van der Waals surface area (Å²) in [4.78, 5) is 10.7. The molecule has 1 heterocycles. The third-order valence-corrected chi connectivity index (χ3v) is 3.29. The van der Waals surface area contributed by atoms with Gasteiger partial charge in [0, 0.05) is 18.1 Å². The van der Waals surface area contributed by atoms with E-state index in [9.17, 15) is 9.18 Å². The predicted octanol–water partition coefficient (Wildman–Crippen LogP) is 1.64. The fourth-order valence-corrected chi connectivity index (χ4v) is 2.55. The van der Waals surface area contributed by atoms with Gasteiger partial charge in [0.05, 0.1) is 7.11 Å². The summed E-state index contributed by atoms with van der Waals surface area (Å²) in [5.41, 5.74) is 0. The van der Waals surface area contributed by atoms with Gasteiger partial charge >= 0.3 is 5.97 Å². The summed E-state index contributed by atoms with van der Waals surface area (Å²) in [5, 5.41) is 0. The minimum atomic E-state index is -0.723. The minimum Gasteiger partial charge on any atom is -0.469 e. The molecular formula is C8H13FO2S. The van der Waals surface area contributed by atoms with Crippen LogP contribution in [-0.2, 0) is 9.53 Å². The number of esters is 1. The number of carbonyl (C=O) groups is 1. The molecule has 0 spiro atoms. The highest BCUT2D eigenvalue weighted by Gasteiger charge is 2.27. The van der Waals surface area contributed by atoms with Crippen molar-refractivity contribution >= 4 is 17.7 Å². The first kappa shape index (κ1) is 9.84. The lowest BCUT2D eigenvalue weighted by Gasteiger charge is -2.09. The van der Waals surface area contributed by atoms with E-state index in [0.717, 1.165) is 5.75 Å². The molecule has 1 aliphatic heterocycles. The Labute approximate surface area is 75.9 Å². The van der Waals surface area contributed by atoms with Crippen molar-refractivity contribution in [2.75, 3.05) is 18.6 Å². The maximum absolute atomic E-state index is 13.0. The van der Waals surface area contributed by atoms with Crippen LogP contribution in [-0.4, -0.2) is 30.8 Å². The lowest BCUT2D eigenvalue weighted by Crippen LogP contribution is -2.14. The van der Waals surface area contributed by atoms with E-state index in [1.165, 1.54) is 7.11 Å². The van der Waals surface area contributed by atoms with Gasteiger partial charge < -0.3 is 4.74 Å². The molecule has 12 heavy (non-hydrogen) atoms. The second-order valence-electron chi connectivity index (χ2n) is 2.93. The van der Waals surface area contributed by atoms with Gasteiger partial charge in [-0.1, -0.05) is 0 Å². The van der Waals surface area contributed by atoms with Crippen LogP contribution in [0.1, 0.15) is 12.8 Å². The zero-order valence-electron chi connectivity index (χ0n) is 7.09. The minimum absolute atomic E-state index is 0.0640. The lowest BCUT2D eigenvalue weighted by molar-refractivity contribution is -0.140. The molecule has 0 radical (unpaired) electrons. The maximum Gasteiger partial charge on any atom is 0.305 e. The van der Waals surface area contributed by atoms with Crippen LogP contribution in [0.15, 0.2) is 0 Å². The van der Waals surface area contributed by atoms with Crippen LogP contribution < -0.4 is 0 Å². The highest BCUT2D eigenvalue weighted by Crippen LogP contribution is 2.29. The van der Waals surface area contributed by atoms with E-state index in [1.54, 1.807) is 11.8 Å². The Balaban J connectivity index is 2.18. The van der Waals surface area contributed by atoms with E-state index >= 15 is 0 Å². The number of ether oxygens (including phenoxy) is 1. The molecule has 0 saturated carbocycles. The number of hydrogen-bond acceptors (Lipinski definition) is 3. The Kier molecular flexibility index (Phi) is 3.85. The second-order valence-corrected chi connectivity index (χ2v) is 4.00. The van der Waals surface area contributed by atoms with Crippen molar-refractivity contribution in [2.24, 2.45) is 5.92 Å². The summed E-state index contributed by atoms with van der Waals surface area (Å²) in [7, 11) is 1.36. The fourth-order valence-electron chi connectivity index (χ4n) is 1.24. The zero-order chi connectivity index (χ0) is 8.97. The summed E-state index contributed by atoms with van der Waals surface area (Å²) in [6, 6.07) is 0. The van der Waals surface area contributed by atoms with Gasteiger partial charge in [0.25, 0.3) is 0 Å². The lowest BCUT2D eigenvalue weighted by atomic mass is 10.0. The van der Waals surface area contributed by atoms with E-state index in [-0.39, 0.29) is 11.9 Å². The molecule has 0 aromatic rings. The molecule has 0 N–H and O–H groups in total. The van der Waals surface area contributed by atoms with E-state index in [0.29, 0.717) is 18.6 Å². The van der Waals surface area contributed by atoms with Gasteiger partial charge in [-0.25, -0.2) is 4.39 Å². The quantitative estimate of drug-likeness (QED) is 0.636. The van der Waals surface area contributed by atoms with Gasteiger partial charge in [-0.05, 0) is 12.2 Å². The molecule has 1 aliphatic rings. The van der Waals surface area contributed by atoms with Crippen LogP contribution in [0.2, 0.25) is 0 Å². The van der Waals surface area contributed by atoms with Gasteiger partial charge in [-0.15, -0.1) is 0 Å². The number of rotatable bonds is 3. The summed E-state index contributed by atoms with van der Waals surface area (Å²) in [6.45, 7) is 0. The normalized spacial score (nSPS) is 28.8. The number of carbonyl (C=O) groups excluding carboxylic acids is 1. The van der Waals surface area contributed by atoms with Crippen LogP contribution in [0.25, 0.3) is 0 Å². The van der Waals surface area contributed by atoms with Crippen LogP contribution in [0.5, 0.6) is 0 Å². The molecule has 0 aromatic carbocycles. The van der Waals surface area contributed by atoms with Crippen molar-refractivity contribution in [3.05, 3.63) is 0 Å². The topological polar surface area (TPSA) is 26.3 Å². The summed E-state index contributed by atoms with van der Waals surface area (Å²) >= 11 is 1.62. The number of halogens is 1. The first-order valence-electron chi connectivity index (χ1n) is 4.02. The highest BCUT2D eigenvalue weighted by atomic mass is 32.2. The molecular weight excluding hydrogens is 179 g/mol. The van der Waals surface area contributed by atoms with Crippen molar-refractivity contribution in [3.63, 3.8) is 0 Å². The van der Waals surface area contributed by atoms with Gasteiger partial charge in [-0.2, -0.15) is 11.8 Å². The molecule has 1 rings (SSSR count). The standard InChI is InChI=1S/C8H13FO2S/c1-11-8(10)3-2-6-4-12-5-7(6)9/h6-7H,2-5H2,1H3/t6-,7+/m0/s1. The van der Waals surface area contributed by atoms with Crippen molar-refractivity contribution in [2.45, 2.75) is 19.0 Å². The first-order valence-corrected chi connectivity index (χ1v) is 5.18. The van der Waals surface area contributed by atoms with Gasteiger partial charge in [0.15, 0.2) is 0 Å². The second kappa shape index (κ2) is 4.70. The molecule has 1 fully saturated rings. The zero-order valence-corrected chi connectivity index (χ0v) is 7.90. The van der Waals surface area contributed by atoms with Crippen molar-refractivity contribution in [3.8, 4) is 0 Å². The SMILES string of the molecule is COC(=O)CC[C@H]1CSC[C@H]1F. The van der Waals surface area contributed by atoms with Crippen molar-refractivity contribution in [1.29, 1.82) is 0 Å². The summed E-state index contributed by atoms with van der Waals surface area (Å²) in [6.07, 6.45) is 0.253. The molecule has 2 nitrogen and oxygen atoms in total. The Bertz CT molecular complexity index is 163. The van der Waals surface area contributed by atoms with Crippen LogP contribution in [0.3, 0.4) is 0 Å². The fraction of sp³-hybridized carbons (Fsp3) is 0.875.